The predicted molar refractivity (Wildman–Crippen MR) is 72.3 cm³/mol. The fourth-order valence-electron chi connectivity index (χ4n) is 2.41. The Kier molecular flexibility index (Phi) is 3.58. The molecule has 0 aromatic heterocycles. The number of urea groups is 1. The molecule has 2 aliphatic rings. The molecule has 1 unspecified atom stereocenters. The zero-order valence-corrected chi connectivity index (χ0v) is 11.6. The zero-order chi connectivity index (χ0) is 15.7. The van der Waals surface area contributed by atoms with Crippen LogP contribution < -0.4 is 14.8 Å². The van der Waals surface area contributed by atoms with Crippen molar-refractivity contribution in [1.29, 1.82) is 0 Å². The van der Waals surface area contributed by atoms with Crippen LogP contribution in [0, 0.1) is 0 Å². The number of ether oxygens (including phenoxy) is 2. The minimum atomic E-state index is -1.00. The van der Waals surface area contributed by atoms with Gasteiger partial charge in [-0.25, -0.2) is 4.79 Å². The first-order valence-electron chi connectivity index (χ1n) is 6.77. The van der Waals surface area contributed by atoms with Gasteiger partial charge in [0.1, 0.15) is 6.04 Å². The molecule has 8 nitrogen and oxygen atoms in total. The largest absolute Gasteiger partial charge is 0.481 e. The van der Waals surface area contributed by atoms with Crippen molar-refractivity contribution in [2.24, 2.45) is 0 Å². The quantitative estimate of drug-likeness (QED) is 0.776. The van der Waals surface area contributed by atoms with Crippen LogP contribution in [0.5, 0.6) is 11.5 Å². The summed E-state index contributed by atoms with van der Waals surface area (Å²) in [5.41, 5.74) is 0.728. The molecule has 3 rings (SSSR count). The standard InChI is InChI=1S/C14H14N2O6/c17-12(18)4-2-9-13(19)16(14(20)15-9)6-8-1-3-10-11(5-8)22-7-21-10/h1,3,5,9H,2,4,6-7H2,(H,15,20)(H,17,18). The summed E-state index contributed by atoms with van der Waals surface area (Å²) >= 11 is 0. The summed E-state index contributed by atoms with van der Waals surface area (Å²) in [6.07, 6.45) is -0.0912. The summed E-state index contributed by atoms with van der Waals surface area (Å²) in [6, 6.07) is 3.89. The van der Waals surface area contributed by atoms with E-state index in [-0.39, 0.29) is 26.2 Å². The Balaban J connectivity index is 1.68. The van der Waals surface area contributed by atoms with Crippen LogP contribution in [0.2, 0.25) is 0 Å². The normalized spacial score (nSPS) is 19.5. The van der Waals surface area contributed by atoms with Crippen molar-refractivity contribution in [3.05, 3.63) is 23.8 Å². The molecule has 8 heteroatoms. The van der Waals surface area contributed by atoms with E-state index < -0.39 is 23.9 Å². The molecule has 2 heterocycles. The lowest BCUT2D eigenvalue weighted by Crippen LogP contribution is -2.31. The van der Waals surface area contributed by atoms with Crippen molar-refractivity contribution in [2.45, 2.75) is 25.4 Å². The van der Waals surface area contributed by atoms with E-state index in [0.29, 0.717) is 11.5 Å². The number of fused-ring (bicyclic) bond motifs is 1. The number of carboxylic acids is 1. The van der Waals surface area contributed by atoms with Crippen molar-refractivity contribution < 1.29 is 29.0 Å². The van der Waals surface area contributed by atoms with Crippen LogP contribution in [-0.4, -0.2) is 40.7 Å². The van der Waals surface area contributed by atoms with Crippen LogP contribution in [0.15, 0.2) is 18.2 Å². The van der Waals surface area contributed by atoms with Gasteiger partial charge < -0.3 is 19.9 Å². The summed E-state index contributed by atoms with van der Waals surface area (Å²) in [4.78, 5) is 35.7. The molecule has 0 radical (unpaired) electrons. The van der Waals surface area contributed by atoms with Gasteiger partial charge in [-0.3, -0.25) is 14.5 Å². The second-order valence-corrected chi connectivity index (χ2v) is 5.05. The predicted octanol–water partition coefficient (Wildman–Crippen LogP) is 0.700. The van der Waals surface area contributed by atoms with E-state index in [0.717, 1.165) is 10.5 Å². The number of hydrogen-bond acceptors (Lipinski definition) is 5. The summed E-state index contributed by atoms with van der Waals surface area (Å²) in [7, 11) is 0. The number of carbonyl (C=O) groups is 3. The Morgan fingerprint density at radius 1 is 1.32 bits per heavy atom. The lowest BCUT2D eigenvalue weighted by Gasteiger charge is -2.13. The maximum Gasteiger partial charge on any atom is 0.325 e. The maximum atomic E-state index is 12.2. The van der Waals surface area contributed by atoms with E-state index in [1.165, 1.54) is 0 Å². The van der Waals surface area contributed by atoms with E-state index in [2.05, 4.69) is 5.32 Å². The molecule has 0 aliphatic carbocycles. The summed E-state index contributed by atoms with van der Waals surface area (Å²) in [6.45, 7) is 0.254. The fraction of sp³-hybridized carbons (Fsp3) is 0.357. The summed E-state index contributed by atoms with van der Waals surface area (Å²) in [5, 5.41) is 11.2. The molecule has 1 fully saturated rings. The van der Waals surface area contributed by atoms with Crippen LogP contribution in [0.4, 0.5) is 4.79 Å². The van der Waals surface area contributed by atoms with Gasteiger partial charge in [0.05, 0.1) is 6.54 Å². The average molecular weight is 306 g/mol. The first-order chi connectivity index (χ1) is 10.5. The Morgan fingerprint density at radius 3 is 2.86 bits per heavy atom. The average Bonchev–Trinajstić information content (AvgIpc) is 3.04. The first kappa shape index (κ1) is 14.2. The Bertz CT molecular complexity index is 644. The number of imide groups is 1. The summed E-state index contributed by atoms with van der Waals surface area (Å²) in [5.74, 6) is -0.215. The highest BCUT2D eigenvalue weighted by atomic mass is 16.7. The lowest BCUT2D eigenvalue weighted by atomic mass is 10.1. The van der Waals surface area contributed by atoms with Crippen LogP contribution in [0.25, 0.3) is 0 Å². The molecule has 3 amide bonds. The molecule has 2 aliphatic heterocycles. The Labute approximate surface area is 125 Å². The molecule has 0 bridgehead atoms. The van der Waals surface area contributed by atoms with Gasteiger partial charge in [-0.15, -0.1) is 0 Å². The molecule has 22 heavy (non-hydrogen) atoms. The van der Waals surface area contributed by atoms with Gasteiger partial charge in [-0.1, -0.05) is 6.07 Å². The van der Waals surface area contributed by atoms with Crippen molar-refractivity contribution >= 4 is 17.9 Å². The van der Waals surface area contributed by atoms with Crippen LogP contribution in [-0.2, 0) is 16.1 Å². The molecule has 1 saturated heterocycles. The van der Waals surface area contributed by atoms with Crippen molar-refractivity contribution in [1.82, 2.24) is 10.2 Å². The van der Waals surface area contributed by atoms with Gasteiger partial charge in [-0.2, -0.15) is 0 Å². The SMILES string of the molecule is O=C(O)CCC1NC(=O)N(Cc2ccc3c(c2)OCO3)C1=O. The smallest absolute Gasteiger partial charge is 0.325 e. The third-order valence-electron chi connectivity index (χ3n) is 3.53. The van der Waals surface area contributed by atoms with Crippen molar-refractivity contribution in [3.63, 3.8) is 0 Å². The van der Waals surface area contributed by atoms with Crippen LogP contribution in [0.3, 0.4) is 0 Å². The lowest BCUT2D eigenvalue weighted by molar-refractivity contribution is -0.137. The second kappa shape index (κ2) is 5.55. The minimum absolute atomic E-state index is 0.0809. The highest BCUT2D eigenvalue weighted by molar-refractivity contribution is 6.04. The van der Waals surface area contributed by atoms with Gasteiger partial charge in [0.25, 0.3) is 5.91 Å². The second-order valence-electron chi connectivity index (χ2n) is 5.05. The van der Waals surface area contributed by atoms with E-state index in [1.807, 2.05) is 0 Å². The van der Waals surface area contributed by atoms with E-state index in [4.69, 9.17) is 14.6 Å². The molecular formula is C14H14N2O6. The monoisotopic (exact) mass is 306 g/mol. The van der Waals surface area contributed by atoms with Gasteiger partial charge in [0, 0.05) is 6.42 Å². The van der Waals surface area contributed by atoms with Crippen LogP contribution in [0.1, 0.15) is 18.4 Å². The third kappa shape index (κ3) is 2.67. The van der Waals surface area contributed by atoms with Gasteiger partial charge in [0.2, 0.25) is 6.79 Å². The Morgan fingerprint density at radius 2 is 2.09 bits per heavy atom. The molecule has 1 atom stereocenters. The van der Waals surface area contributed by atoms with E-state index >= 15 is 0 Å². The zero-order valence-electron chi connectivity index (χ0n) is 11.6. The highest BCUT2D eigenvalue weighted by Crippen LogP contribution is 2.33. The number of carboxylic acid groups (broad SMARTS) is 1. The molecular weight excluding hydrogens is 292 g/mol. The molecule has 1 aromatic carbocycles. The van der Waals surface area contributed by atoms with E-state index in [1.54, 1.807) is 18.2 Å². The molecule has 116 valence electrons. The van der Waals surface area contributed by atoms with Gasteiger partial charge >= 0.3 is 12.0 Å². The van der Waals surface area contributed by atoms with Gasteiger partial charge in [-0.05, 0) is 24.1 Å². The third-order valence-corrected chi connectivity index (χ3v) is 3.53. The molecule has 1 aromatic rings. The minimum Gasteiger partial charge on any atom is -0.481 e. The number of hydrogen-bond donors (Lipinski definition) is 2. The fourth-order valence-corrected chi connectivity index (χ4v) is 2.41. The molecule has 2 N–H and O–H groups in total. The Hall–Kier alpha value is -2.77. The number of carbonyl (C=O) groups excluding carboxylic acids is 2. The number of rotatable bonds is 5. The van der Waals surface area contributed by atoms with Crippen molar-refractivity contribution in [2.75, 3.05) is 6.79 Å². The first-order valence-corrected chi connectivity index (χ1v) is 6.77. The summed E-state index contributed by atoms with van der Waals surface area (Å²) < 4.78 is 10.5. The number of nitrogens with zero attached hydrogens (tertiary/aromatic N) is 1. The van der Waals surface area contributed by atoms with Gasteiger partial charge in [0.15, 0.2) is 11.5 Å². The highest BCUT2D eigenvalue weighted by Gasteiger charge is 2.37. The number of benzene rings is 1. The van der Waals surface area contributed by atoms with Crippen molar-refractivity contribution in [3.8, 4) is 11.5 Å². The van der Waals surface area contributed by atoms with Crippen LogP contribution >= 0.6 is 0 Å². The van der Waals surface area contributed by atoms with E-state index in [9.17, 15) is 14.4 Å². The number of nitrogens with one attached hydrogen (secondary N) is 1. The maximum absolute atomic E-state index is 12.2. The molecule has 0 saturated carbocycles. The topological polar surface area (TPSA) is 105 Å². The molecule has 0 spiro atoms. The number of amides is 3. The number of aliphatic carboxylic acids is 1.